The van der Waals surface area contributed by atoms with Gasteiger partial charge in [-0.1, -0.05) is 28.9 Å². The van der Waals surface area contributed by atoms with Gasteiger partial charge < -0.3 is 9.74 Å². The topological polar surface area (TPSA) is 54.8 Å². The van der Waals surface area contributed by atoms with Gasteiger partial charge in [0, 0.05) is 37.8 Å². The van der Waals surface area contributed by atoms with Crippen LogP contribution in [0.1, 0.15) is 23.2 Å². The lowest BCUT2D eigenvalue weighted by Crippen LogP contribution is -2.42. The molecule has 0 radical (unpaired) electrons. The van der Waals surface area contributed by atoms with E-state index in [0.29, 0.717) is 36.7 Å². The molecule has 0 bridgehead atoms. The summed E-state index contributed by atoms with van der Waals surface area (Å²) in [6, 6.07) is 7.85. The monoisotopic (exact) mass is 359 g/mol. The average Bonchev–Trinajstić information content (AvgIpc) is 3.11. The minimum absolute atomic E-state index is 0.105. The molecule has 2 aromatic rings. The number of pyridine rings is 1. The van der Waals surface area contributed by atoms with Gasteiger partial charge in [-0.2, -0.15) is 0 Å². The number of benzene rings is 1. The molecule has 0 spiro atoms. The molecule has 3 heterocycles. The number of carbonyl (C=O) groups is 1. The van der Waals surface area contributed by atoms with Crippen LogP contribution in [0, 0.1) is 5.82 Å². The van der Waals surface area contributed by atoms with Crippen molar-refractivity contribution in [1.29, 1.82) is 0 Å². The summed E-state index contributed by atoms with van der Waals surface area (Å²) in [5.74, 6) is -0.415. The Labute approximate surface area is 149 Å². The molecule has 1 aromatic carbocycles. The summed E-state index contributed by atoms with van der Waals surface area (Å²) in [7, 11) is 0. The van der Waals surface area contributed by atoms with E-state index >= 15 is 0 Å². The Kier molecular flexibility index (Phi) is 4.13. The first-order valence-corrected chi connectivity index (χ1v) is 8.38. The molecule has 1 aromatic heterocycles. The first-order valence-electron chi connectivity index (χ1n) is 8.01. The summed E-state index contributed by atoms with van der Waals surface area (Å²) in [6.07, 6.45) is 2.05. The highest BCUT2D eigenvalue weighted by Gasteiger charge is 2.34. The third kappa shape index (κ3) is 3.22. The number of halogens is 2. The van der Waals surface area contributed by atoms with Crippen molar-refractivity contribution in [3.05, 3.63) is 64.2 Å². The van der Waals surface area contributed by atoms with Crippen molar-refractivity contribution in [2.75, 3.05) is 6.54 Å². The van der Waals surface area contributed by atoms with Crippen LogP contribution in [-0.4, -0.2) is 34.2 Å². The van der Waals surface area contributed by atoms with E-state index in [0.717, 1.165) is 16.8 Å². The zero-order valence-electron chi connectivity index (χ0n) is 13.3. The van der Waals surface area contributed by atoms with Gasteiger partial charge in [0.25, 0.3) is 5.91 Å². The summed E-state index contributed by atoms with van der Waals surface area (Å²) in [5.41, 5.74) is 3.35. The number of hydrogen-bond acceptors (Lipinski definition) is 4. The highest BCUT2D eigenvalue weighted by atomic mass is 35.5. The fourth-order valence-electron chi connectivity index (χ4n) is 3.11. The Morgan fingerprint density at radius 3 is 2.92 bits per heavy atom. The molecule has 1 amide bonds. The van der Waals surface area contributed by atoms with Crippen LogP contribution in [0.25, 0.3) is 0 Å². The van der Waals surface area contributed by atoms with Crippen LogP contribution in [-0.2, 0) is 22.6 Å². The largest absolute Gasteiger partial charge is 0.382 e. The van der Waals surface area contributed by atoms with Crippen molar-refractivity contribution in [1.82, 2.24) is 9.88 Å². The van der Waals surface area contributed by atoms with Crippen LogP contribution in [0.15, 0.2) is 41.7 Å². The Morgan fingerprint density at radius 2 is 2.12 bits per heavy atom. The first-order chi connectivity index (χ1) is 12.1. The van der Waals surface area contributed by atoms with Crippen LogP contribution in [0.4, 0.5) is 4.39 Å². The highest BCUT2D eigenvalue weighted by Crippen LogP contribution is 2.24. The van der Waals surface area contributed by atoms with E-state index in [4.69, 9.17) is 16.4 Å². The number of carbonyl (C=O) groups excluding carboxylic acids is 1. The van der Waals surface area contributed by atoms with Crippen LogP contribution in [0.2, 0.25) is 5.02 Å². The van der Waals surface area contributed by atoms with Gasteiger partial charge in [-0.3, -0.25) is 9.78 Å². The summed E-state index contributed by atoms with van der Waals surface area (Å²) < 4.78 is 13.0. The first kappa shape index (κ1) is 16.0. The van der Waals surface area contributed by atoms with Gasteiger partial charge in [-0.25, -0.2) is 4.39 Å². The fraction of sp³-hybridized carbons (Fsp3) is 0.278. The van der Waals surface area contributed by atoms with Crippen molar-refractivity contribution < 1.29 is 14.0 Å². The average molecular weight is 360 g/mol. The molecule has 0 N–H and O–H groups in total. The Balaban J connectivity index is 1.44. The smallest absolute Gasteiger partial charge is 0.267 e. The molecule has 5 nitrogen and oxygen atoms in total. The molecule has 128 valence electrons. The quantitative estimate of drug-likeness (QED) is 0.828. The summed E-state index contributed by atoms with van der Waals surface area (Å²) in [4.78, 5) is 24.1. The third-order valence-electron chi connectivity index (χ3n) is 4.44. The number of nitrogens with zero attached hydrogens (tertiary/aromatic N) is 3. The summed E-state index contributed by atoms with van der Waals surface area (Å²) in [6.45, 7) is 1.06. The van der Waals surface area contributed by atoms with Crippen molar-refractivity contribution in [2.45, 2.75) is 25.5 Å². The lowest BCUT2D eigenvalue weighted by molar-refractivity contribution is -0.143. The molecule has 7 heteroatoms. The zero-order chi connectivity index (χ0) is 17.4. The van der Waals surface area contributed by atoms with Gasteiger partial charge in [-0.15, -0.1) is 0 Å². The number of hydrogen-bond donors (Lipinski definition) is 0. The lowest BCUT2D eigenvalue weighted by atomic mass is 10.0. The van der Waals surface area contributed by atoms with Gasteiger partial charge in [0.05, 0.1) is 10.7 Å². The third-order valence-corrected chi connectivity index (χ3v) is 4.65. The zero-order valence-corrected chi connectivity index (χ0v) is 14.0. The van der Waals surface area contributed by atoms with E-state index in [1.165, 1.54) is 12.1 Å². The second kappa shape index (κ2) is 6.44. The number of oxime groups is 1. The molecule has 0 saturated carbocycles. The standard InChI is InChI=1S/C18H15ClFN3O2/c19-13-7-12-10-23(6-5-15(12)21-9-13)18(24)17-8-16(22-25-17)11-1-3-14(20)4-2-11/h1-4,7,9,17H,5-6,8,10H2/t17-/m1/s1. The van der Waals surface area contributed by atoms with Gasteiger partial charge in [0.15, 0.2) is 0 Å². The van der Waals surface area contributed by atoms with Crippen molar-refractivity contribution in [3.63, 3.8) is 0 Å². The molecule has 25 heavy (non-hydrogen) atoms. The lowest BCUT2D eigenvalue weighted by Gasteiger charge is -2.29. The maximum Gasteiger partial charge on any atom is 0.267 e. The SMILES string of the molecule is O=C([C@H]1CC(c2ccc(F)cc2)=NO1)N1CCc2ncc(Cl)cc2C1. The minimum atomic E-state index is -0.645. The fourth-order valence-corrected chi connectivity index (χ4v) is 3.29. The number of aromatic nitrogens is 1. The Bertz CT molecular complexity index is 854. The van der Waals surface area contributed by atoms with E-state index in [1.54, 1.807) is 23.2 Å². The van der Waals surface area contributed by atoms with Crippen LogP contribution in [0.5, 0.6) is 0 Å². The number of rotatable bonds is 2. The highest BCUT2D eigenvalue weighted by molar-refractivity contribution is 6.30. The predicted octanol–water partition coefficient (Wildman–Crippen LogP) is 2.95. The molecule has 0 saturated heterocycles. The predicted molar refractivity (Wildman–Crippen MR) is 90.8 cm³/mol. The maximum atomic E-state index is 13.0. The molecular formula is C18H15ClFN3O2. The van der Waals surface area contributed by atoms with Crippen LogP contribution in [0.3, 0.4) is 0 Å². The van der Waals surface area contributed by atoms with Gasteiger partial charge in [0.2, 0.25) is 6.10 Å². The molecule has 0 fully saturated rings. The molecular weight excluding hydrogens is 345 g/mol. The van der Waals surface area contributed by atoms with Crippen LogP contribution < -0.4 is 0 Å². The van der Waals surface area contributed by atoms with Crippen molar-refractivity contribution >= 4 is 23.2 Å². The second-order valence-corrected chi connectivity index (χ2v) is 6.55. The Morgan fingerprint density at radius 1 is 1.32 bits per heavy atom. The summed E-state index contributed by atoms with van der Waals surface area (Å²) >= 11 is 5.99. The van der Waals surface area contributed by atoms with Gasteiger partial charge in [0.1, 0.15) is 5.82 Å². The van der Waals surface area contributed by atoms with Crippen molar-refractivity contribution in [3.8, 4) is 0 Å². The molecule has 2 aliphatic heterocycles. The molecule has 0 unspecified atom stereocenters. The van der Waals surface area contributed by atoms with Gasteiger partial charge in [-0.05, 0) is 29.3 Å². The molecule has 2 aliphatic rings. The second-order valence-electron chi connectivity index (χ2n) is 6.11. The molecule has 1 atom stereocenters. The summed E-state index contributed by atoms with van der Waals surface area (Å²) in [5, 5.41) is 4.57. The molecule has 4 rings (SSSR count). The van der Waals surface area contributed by atoms with E-state index in [-0.39, 0.29) is 11.7 Å². The maximum absolute atomic E-state index is 13.0. The van der Waals surface area contributed by atoms with E-state index in [2.05, 4.69) is 10.1 Å². The number of fused-ring (bicyclic) bond motifs is 1. The van der Waals surface area contributed by atoms with E-state index < -0.39 is 6.10 Å². The normalized spacial score (nSPS) is 19.2. The van der Waals surface area contributed by atoms with Crippen molar-refractivity contribution in [2.24, 2.45) is 5.16 Å². The van der Waals surface area contributed by atoms with E-state index in [9.17, 15) is 9.18 Å². The van der Waals surface area contributed by atoms with Gasteiger partial charge >= 0.3 is 0 Å². The molecule has 0 aliphatic carbocycles. The Hall–Kier alpha value is -2.47. The minimum Gasteiger partial charge on any atom is -0.382 e. The van der Waals surface area contributed by atoms with E-state index in [1.807, 2.05) is 6.07 Å². The number of amides is 1. The van der Waals surface area contributed by atoms with Crippen LogP contribution >= 0.6 is 11.6 Å².